The molecule has 0 unspecified atom stereocenters. The van der Waals surface area contributed by atoms with Crippen LogP contribution < -0.4 is 16.4 Å². The van der Waals surface area contributed by atoms with Crippen molar-refractivity contribution in [2.45, 2.75) is 0 Å². The van der Waals surface area contributed by atoms with Gasteiger partial charge in [0.25, 0.3) is 5.69 Å². The molecule has 1 heterocycles. The summed E-state index contributed by atoms with van der Waals surface area (Å²) in [5.41, 5.74) is -3.15. The second kappa shape index (κ2) is 5.76. The van der Waals surface area contributed by atoms with Crippen molar-refractivity contribution in [3.63, 3.8) is 0 Å². The maximum absolute atomic E-state index is 11.6. The van der Waals surface area contributed by atoms with Gasteiger partial charge in [-0.15, -0.1) is 0 Å². The fraction of sp³-hybridized carbons (Fsp3) is 0.100. The Hall–Kier alpha value is -2.82. The molecule has 0 radical (unpaired) electrons. The standard InChI is InChI=1S/C10H9N4O8P/c15-7(3-23(20,21)22)11-5-1-4(14(18)19)2-6-8(5)13-10(17)9(16)12-6/h1-2H,3H2,(H,11,15)(H,12,16)(H,13,17)(H2,20,21,22). The van der Waals surface area contributed by atoms with E-state index in [2.05, 4.69) is 15.3 Å². The molecule has 0 atom stereocenters. The Morgan fingerprint density at radius 1 is 1.26 bits per heavy atom. The number of hydrogen-bond acceptors (Lipinski definition) is 6. The molecule has 2 aromatic rings. The SMILES string of the molecule is O=C(CP(=O)(O)O)Nc1cc([N+](=O)[O-])cc2[nH]c(=O)c(=O)[nH]c12. The number of H-pyrrole nitrogens is 2. The Labute approximate surface area is 125 Å². The molecule has 5 N–H and O–H groups in total. The molecule has 1 amide bonds. The maximum atomic E-state index is 11.6. The minimum absolute atomic E-state index is 0.126. The number of nitrogens with zero attached hydrogens (tertiary/aromatic N) is 1. The second-order valence-corrected chi connectivity index (χ2v) is 6.10. The van der Waals surface area contributed by atoms with E-state index in [9.17, 15) is 29.1 Å². The van der Waals surface area contributed by atoms with Gasteiger partial charge >= 0.3 is 18.7 Å². The van der Waals surface area contributed by atoms with Gasteiger partial charge in [-0.2, -0.15) is 0 Å². The van der Waals surface area contributed by atoms with Gasteiger partial charge < -0.3 is 25.1 Å². The number of nitro benzene ring substituents is 1. The number of amides is 1. The number of aromatic amines is 2. The number of anilines is 1. The summed E-state index contributed by atoms with van der Waals surface area (Å²) in [6.07, 6.45) is -1.15. The van der Waals surface area contributed by atoms with Gasteiger partial charge in [-0.05, 0) is 0 Å². The van der Waals surface area contributed by atoms with Gasteiger partial charge in [0.15, 0.2) is 0 Å². The lowest BCUT2D eigenvalue weighted by atomic mass is 10.2. The van der Waals surface area contributed by atoms with Crippen LogP contribution in [-0.4, -0.2) is 36.7 Å². The summed E-state index contributed by atoms with van der Waals surface area (Å²) < 4.78 is 10.8. The number of aromatic nitrogens is 2. The third-order valence-corrected chi connectivity index (χ3v) is 3.35. The lowest BCUT2D eigenvalue weighted by Gasteiger charge is -2.09. The zero-order valence-electron chi connectivity index (χ0n) is 11.1. The minimum Gasteiger partial charge on any atom is -0.324 e. The highest BCUT2D eigenvalue weighted by Crippen LogP contribution is 2.34. The van der Waals surface area contributed by atoms with E-state index >= 15 is 0 Å². The van der Waals surface area contributed by atoms with E-state index in [0.717, 1.165) is 12.1 Å². The molecule has 0 saturated heterocycles. The van der Waals surface area contributed by atoms with Crippen LogP contribution >= 0.6 is 7.60 Å². The van der Waals surface area contributed by atoms with Crippen LogP contribution in [0.25, 0.3) is 11.0 Å². The molecular weight excluding hydrogens is 335 g/mol. The average Bonchev–Trinajstić information content (AvgIpc) is 2.38. The van der Waals surface area contributed by atoms with Crippen LogP contribution in [0.3, 0.4) is 0 Å². The first-order valence-corrected chi connectivity index (χ1v) is 7.66. The van der Waals surface area contributed by atoms with Crippen molar-refractivity contribution < 1.29 is 24.1 Å². The monoisotopic (exact) mass is 344 g/mol. The average molecular weight is 344 g/mol. The van der Waals surface area contributed by atoms with Gasteiger partial charge in [0, 0.05) is 12.1 Å². The predicted octanol–water partition coefficient (Wildman–Crippen LogP) is -0.759. The second-order valence-electron chi connectivity index (χ2n) is 4.45. The molecule has 0 fully saturated rings. The minimum atomic E-state index is -4.64. The summed E-state index contributed by atoms with van der Waals surface area (Å²) in [4.78, 5) is 66.0. The van der Waals surface area contributed by atoms with E-state index in [1.165, 1.54) is 0 Å². The van der Waals surface area contributed by atoms with E-state index < -0.39 is 41.4 Å². The summed E-state index contributed by atoms with van der Waals surface area (Å²) in [5.74, 6) is -1.12. The van der Waals surface area contributed by atoms with Gasteiger partial charge in [0.1, 0.15) is 6.16 Å². The Morgan fingerprint density at radius 3 is 2.43 bits per heavy atom. The molecule has 0 bridgehead atoms. The Kier molecular flexibility index (Phi) is 4.14. The smallest absolute Gasteiger partial charge is 0.324 e. The van der Waals surface area contributed by atoms with Crippen LogP contribution in [0, 0.1) is 10.1 Å². The van der Waals surface area contributed by atoms with Gasteiger partial charge in [0.2, 0.25) is 5.91 Å². The molecule has 122 valence electrons. The van der Waals surface area contributed by atoms with Crippen LogP contribution in [0.1, 0.15) is 0 Å². The molecule has 12 nitrogen and oxygen atoms in total. The van der Waals surface area contributed by atoms with E-state index in [0.29, 0.717) is 0 Å². The number of nitro groups is 1. The molecule has 1 aromatic carbocycles. The Morgan fingerprint density at radius 2 is 1.87 bits per heavy atom. The van der Waals surface area contributed by atoms with E-state index in [1.807, 2.05) is 0 Å². The number of non-ortho nitro benzene ring substituents is 1. The third kappa shape index (κ3) is 3.88. The first-order valence-electron chi connectivity index (χ1n) is 5.86. The largest absolute Gasteiger partial charge is 0.334 e. The maximum Gasteiger partial charge on any atom is 0.334 e. The first kappa shape index (κ1) is 16.5. The van der Waals surface area contributed by atoms with Crippen molar-refractivity contribution >= 4 is 35.9 Å². The van der Waals surface area contributed by atoms with Crippen molar-refractivity contribution in [1.29, 1.82) is 0 Å². The number of benzene rings is 1. The summed E-state index contributed by atoms with van der Waals surface area (Å²) in [5, 5.41) is 12.9. The number of carbonyl (C=O) groups excluding carboxylic acids is 1. The lowest BCUT2D eigenvalue weighted by Crippen LogP contribution is -2.29. The van der Waals surface area contributed by atoms with Crippen LogP contribution in [0.15, 0.2) is 21.7 Å². The highest BCUT2D eigenvalue weighted by molar-refractivity contribution is 7.52. The molecule has 0 saturated carbocycles. The fourth-order valence-corrected chi connectivity index (χ4v) is 2.24. The van der Waals surface area contributed by atoms with E-state index in [4.69, 9.17) is 9.79 Å². The fourth-order valence-electron chi connectivity index (χ4n) is 1.79. The van der Waals surface area contributed by atoms with Crippen molar-refractivity contribution in [3.8, 4) is 0 Å². The number of hydrogen-bond donors (Lipinski definition) is 5. The number of nitrogens with one attached hydrogen (secondary N) is 3. The quantitative estimate of drug-likeness (QED) is 0.206. The van der Waals surface area contributed by atoms with E-state index in [1.54, 1.807) is 0 Å². The van der Waals surface area contributed by atoms with Gasteiger partial charge in [0.05, 0.1) is 21.6 Å². The molecule has 1 aromatic heterocycles. The van der Waals surface area contributed by atoms with Gasteiger partial charge in [-0.3, -0.25) is 29.1 Å². The Bertz CT molecular complexity index is 971. The molecule has 2 rings (SSSR count). The molecular formula is C10H9N4O8P. The summed E-state index contributed by atoms with van der Waals surface area (Å²) >= 11 is 0. The van der Waals surface area contributed by atoms with Crippen molar-refractivity contribution in [2.24, 2.45) is 0 Å². The topological polar surface area (TPSA) is 195 Å². The normalized spacial score (nSPS) is 11.4. The highest BCUT2D eigenvalue weighted by atomic mass is 31.2. The lowest BCUT2D eigenvalue weighted by molar-refractivity contribution is -0.384. The van der Waals surface area contributed by atoms with E-state index in [-0.39, 0.29) is 16.7 Å². The summed E-state index contributed by atoms with van der Waals surface area (Å²) in [7, 11) is -4.64. The third-order valence-electron chi connectivity index (χ3n) is 2.65. The number of carbonyl (C=O) groups is 1. The molecule has 0 aliphatic heterocycles. The van der Waals surface area contributed by atoms with Crippen LogP contribution in [0.5, 0.6) is 0 Å². The van der Waals surface area contributed by atoms with Gasteiger partial charge in [-0.1, -0.05) is 0 Å². The van der Waals surface area contributed by atoms with Crippen molar-refractivity contribution in [1.82, 2.24) is 9.97 Å². The van der Waals surface area contributed by atoms with Crippen LogP contribution in [0.4, 0.5) is 11.4 Å². The molecule has 0 aliphatic carbocycles. The zero-order chi connectivity index (χ0) is 17.4. The molecule has 13 heteroatoms. The highest BCUT2D eigenvalue weighted by Gasteiger charge is 2.21. The Balaban J connectivity index is 2.60. The van der Waals surface area contributed by atoms with Crippen LogP contribution in [0.2, 0.25) is 0 Å². The molecule has 0 aliphatic rings. The van der Waals surface area contributed by atoms with Crippen molar-refractivity contribution in [3.05, 3.63) is 43.0 Å². The number of rotatable bonds is 4. The first-order chi connectivity index (χ1) is 10.6. The summed E-state index contributed by atoms with van der Waals surface area (Å²) in [6, 6.07) is 1.85. The van der Waals surface area contributed by atoms with Gasteiger partial charge in [-0.25, -0.2) is 0 Å². The predicted molar refractivity (Wildman–Crippen MR) is 77.4 cm³/mol. The van der Waals surface area contributed by atoms with Crippen molar-refractivity contribution in [2.75, 3.05) is 11.5 Å². The molecule has 0 spiro atoms. The van der Waals surface area contributed by atoms with Crippen LogP contribution in [-0.2, 0) is 9.36 Å². The molecule has 23 heavy (non-hydrogen) atoms. The number of fused-ring (bicyclic) bond motifs is 1. The summed E-state index contributed by atoms with van der Waals surface area (Å²) in [6.45, 7) is 0. The zero-order valence-corrected chi connectivity index (χ0v) is 12.0.